The van der Waals surface area contributed by atoms with E-state index in [1.807, 2.05) is 38.8 Å². The number of likely N-dealkylation sites (N-methyl/N-ethyl adjacent to an activating group) is 2. The minimum absolute atomic E-state index is 0.184. The number of hydrogen-bond acceptors (Lipinski definition) is 7. The van der Waals surface area contributed by atoms with E-state index in [1.54, 1.807) is 34.2 Å². The first-order valence-corrected chi connectivity index (χ1v) is 9.13. The maximum Gasteiger partial charge on any atom is 0.276 e. The van der Waals surface area contributed by atoms with Gasteiger partial charge in [0.05, 0.1) is 0 Å². The molecular weight excluding hydrogens is 356 g/mol. The van der Waals surface area contributed by atoms with Crippen LogP contribution in [0.25, 0.3) is 5.82 Å². The van der Waals surface area contributed by atoms with Crippen molar-refractivity contribution >= 4 is 11.9 Å². The number of aromatic nitrogens is 6. The van der Waals surface area contributed by atoms with Crippen molar-refractivity contribution in [2.45, 2.75) is 20.8 Å². The quantitative estimate of drug-likeness (QED) is 0.615. The second-order valence-corrected chi connectivity index (χ2v) is 6.44. The van der Waals surface area contributed by atoms with Gasteiger partial charge < -0.3 is 9.80 Å². The summed E-state index contributed by atoms with van der Waals surface area (Å²) in [6.07, 6.45) is 6.44. The summed E-state index contributed by atoms with van der Waals surface area (Å²) in [5.41, 5.74) is 2.11. The summed E-state index contributed by atoms with van der Waals surface area (Å²) >= 11 is 0. The van der Waals surface area contributed by atoms with Crippen LogP contribution >= 0.6 is 0 Å². The van der Waals surface area contributed by atoms with Crippen molar-refractivity contribution in [1.29, 1.82) is 0 Å². The van der Waals surface area contributed by atoms with Crippen LogP contribution in [0.4, 0.5) is 5.95 Å². The minimum Gasteiger partial charge on any atom is -0.342 e. The van der Waals surface area contributed by atoms with Gasteiger partial charge in [-0.1, -0.05) is 0 Å². The van der Waals surface area contributed by atoms with Crippen molar-refractivity contribution in [3.63, 3.8) is 0 Å². The monoisotopic (exact) mass is 380 g/mol. The number of hydrogen-bond donors (Lipinski definition) is 0. The van der Waals surface area contributed by atoms with Crippen molar-refractivity contribution < 1.29 is 4.79 Å². The van der Waals surface area contributed by atoms with Gasteiger partial charge in [-0.2, -0.15) is 5.10 Å². The molecule has 0 atom stereocenters. The molecule has 3 aromatic heterocycles. The van der Waals surface area contributed by atoms with Gasteiger partial charge in [-0.3, -0.25) is 4.79 Å². The van der Waals surface area contributed by atoms with Crippen LogP contribution in [0.2, 0.25) is 0 Å². The molecule has 9 heteroatoms. The summed E-state index contributed by atoms with van der Waals surface area (Å²) in [6.45, 7) is 7.49. The molecule has 3 rings (SSSR count). The van der Waals surface area contributed by atoms with Crippen LogP contribution in [0, 0.1) is 13.8 Å². The Balaban J connectivity index is 1.74. The van der Waals surface area contributed by atoms with Gasteiger partial charge in [-0.15, -0.1) is 0 Å². The van der Waals surface area contributed by atoms with Crippen LogP contribution in [0.5, 0.6) is 0 Å². The molecule has 146 valence electrons. The van der Waals surface area contributed by atoms with Crippen LogP contribution < -0.4 is 4.90 Å². The lowest BCUT2D eigenvalue weighted by Gasteiger charge is -2.25. The first kappa shape index (κ1) is 19.4. The summed E-state index contributed by atoms with van der Waals surface area (Å²) < 4.78 is 1.55. The molecule has 0 aliphatic rings. The van der Waals surface area contributed by atoms with Gasteiger partial charge in [0, 0.05) is 62.9 Å². The molecule has 0 unspecified atom stereocenters. The van der Waals surface area contributed by atoms with Crippen LogP contribution in [0.3, 0.4) is 0 Å². The largest absolute Gasteiger partial charge is 0.342 e. The first-order chi connectivity index (χ1) is 13.5. The zero-order chi connectivity index (χ0) is 20.1. The Morgan fingerprint density at radius 3 is 2.43 bits per heavy atom. The smallest absolute Gasteiger partial charge is 0.276 e. The van der Waals surface area contributed by atoms with E-state index in [1.165, 1.54) is 6.20 Å². The maximum atomic E-state index is 13.1. The summed E-state index contributed by atoms with van der Waals surface area (Å²) in [7, 11) is 1.92. The normalized spacial score (nSPS) is 10.7. The number of carbonyl (C=O) groups is 1. The molecule has 0 spiro atoms. The number of carbonyl (C=O) groups excluding carboxylic acids is 1. The minimum atomic E-state index is -0.184. The second-order valence-electron chi connectivity index (χ2n) is 6.44. The molecule has 3 heterocycles. The number of anilines is 1. The fraction of sp³-hybridized carbons (Fsp3) is 0.368. The number of rotatable bonds is 7. The summed E-state index contributed by atoms with van der Waals surface area (Å²) in [5.74, 6) is 0.885. The van der Waals surface area contributed by atoms with Gasteiger partial charge in [0.1, 0.15) is 0 Å². The maximum absolute atomic E-state index is 13.1. The third-order valence-corrected chi connectivity index (χ3v) is 4.29. The number of aryl methyl sites for hydroxylation is 2. The predicted molar refractivity (Wildman–Crippen MR) is 106 cm³/mol. The van der Waals surface area contributed by atoms with E-state index >= 15 is 0 Å². The molecule has 9 nitrogen and oxygen atoms in total. The van der Waals surface area contributed by atoms with Gasteiger partial charge in [0.2, 0.25) is 5.95 Å². The zero-order valence-corrected chi connectivity index (χ0v) is 16.6. The van der Waals surface area contributed by atoms with Crippen LogP contribution in [0.1, 0.15) is 28.8 Å². The van der Waals surface area contributed by atoms with Gasteiger partial charge in [-0.25, -0.2) is 24.6 Å². The highest BCUT2D eigenvalue weighted by Crippen LogP contribution is 2.12. The average molecular weight is 380 g/mol. The molecule has 0 aliphatic carbocycles. The van der Waals surface area contributed by atoms with Gasteiger partial charge in [0.25, 0.3) is 5.91 Å². The Bertz CT molecular complexity index is 921. The Morgan fingerprint density at radius 1 is 1.07 bits per heavy atom. The molecule has 0 aliphatic heterocycles. The zero-order valence-electron chi connectivity index (χ0n) is 16.6. The van der Waals surface area contributed by atoms with Crippen molar-refractivity contribution in [3.8, 4) is 5.82 Å². The van der Waals surface area contributed by atoms with Crippen molar-refractivity contribution in [3.05, 3.63) is 54.0 Å². The molecule has 3 aromatic rings. The molecule has 0 radical (unpaired) electrons. The standard InChI is InChI=1S/C19H24N8O/c1-5-26(12-11-25(4)19-23-14(2)13-15(3)24-19)18(28)16-17(21-9-8-20-16)27-10-6-7-22-27/h6-10,13H,5,11-12H2,1-4H3. The summed E-state index contributed by atoms with van der Waals surface area (Å²) in [5, 5.41) is 4.16. The topological polar surface area (TPSA) is 92.9 Å². The SMILES string of the molecule is CCN(CCN(C)c1nc(C)cc(C)n1)C(=O)c1nccnc1-n1cccn1. The van der Waals surface area contributed by atoms with E-state index in [0.29, 0.717) is 31.4 Å². The Kier molecular flexibility index (Phi) is 5.93. The second kappa shape index (κ2) is 8.55. The molecule has 1 amide bonds. The fourth-order valence-electron chi connectivity index (χ4n) is 2.85. The predicted octanol–water partition coefficient (Wildman–Crippen LogP) is 1.67. The van der Waals surface area contributed by atoms with E-state index in [4.69, 9.17) is 0 Å². The van der Waals surface area contributed by atoms with Crippen LogP contribution in [-0.4, -0.2) is 67.2 Å². The lowest BCUT2D eigenvalue weighted by atomic mass is 10.3. The number of amides is 1. The van der Waals surface area contributed by atoms with E-state index < -0.39 is 0 Å². The fourth-order valence-corrected chi connectivity index (χ4v) is 2.85. The van der Waals surface area contributed by atoms with Crippen LogP contribution in [0.15, 0.2) is 36.9 Å². The number of nitrogens with zero attached hydrogens (tertiary/aromatic N) is 8. The van der Waals surface area contributed by atoms with E-state index in [9.17, 15) is 4.79 Å². The highest BCUT2D eigenvalue weighted by Gasteiger charge is 2.22. The third kappa shape index (κ3) is 4.30. The first-order valence-electron chi connectivity index (χ1n) is 9.13. The highest BCUT2D eigenvalue weighted by atomic mass is 16.2. The van der Waals surface area contributed by atoms with Gasteiger partial charge in [-0.05, 0) is 32.9 Å². The lowest BCUT2D eigenvalue weighted by Crippen LogP contribution is -2.39. The molecule has 0 saturated carbocycles. The molecule has 0 aromatic carbocycles. The van der Waals surface area contributed by atoms with Gasteiger partial charge >= 0.3 is 0 Å². The summed E-state index contributed by atoms with van der Waals surface area (Å²) in [6, 6.07) is 3.71. The Hall–Kier alpha value is -3.36. The summed E-state index contributed by atoms with van der Waals surface area (Å²) in [4.78, 5) is 34.2. The van der Waals surface area contributed by atoms with Gasteiger partial charge in [0.15, 0.2) is 11.5 Å². The van der Waals surface area contributed by atoms with Crippen molar-refractivity contribution in [1.82, 2.24) is 34.6 Å². The van der Waals surface area contributed by atoms with Crippen LogP contribution in [-0.2, 0) is 0 Å². The van der Waals surface area contributed by atoms with Crippen molar-refractivity contribution in [2.24, 2.45) is 0 Å². The van der Waals surface area contributed by atoms with Crippen molar-refractivity contribution in [2.75, 3.05) is 31.6 Å². The molecular formula is C19H24N8O. The Morgan fingerprint density at radius 2 is 1.79 bits per heavy atom. The Labute approximate surface area is 164 Å². The highest BCUT2D eigenvalue weighted by molar-refractivity contribution is 5.95. The average Bonchev–Trinajstić information content (AvgIpc) is 3.22. The van der Waals surface area contributed by atoms with E-state index in [-0.39, 0.29) is 11.6 Å². The molecule has 0 fully saturated rings. The van der Waals surface area contributed by atoms with E-state index in [0.717, 1.165) is 11.4 Å². The molecule has 0 bridgehead atoms. The lowest BCUT2D eigenvalue weighted by molar-refractivity contribution is 0.0762. The third-order valence-electron chi connectivity index (χ3n) is 4.29. The van der Waals surface area contributed by atoms with E-state index in [2.05, 4.69) is 25.0 Å². The molecule has 0 N–H and O–H groups in total. The molecule has 28 heavy (non-hydrogen) atoms. The molecule has 0 saturated heterocycles.